The van der Waals surface area contributed by atoms with Crippen molar-refractivity contribution >= 4 is 31.5 Å². The molecule has 1 rings (SSSR count). The van der Waals surface area contributed by atoms with Crippen LogP contribution in [0.2, 0.25) is 0 Å². The van der Waals surface area contributed by atoms with Crippen LogP contribution in [0.15, 0.2) is 15.5 Å². The number of halogens is 1. The molecule has 0 unspecified atom stereocenters. The maximum absolute atomic E-state index is 11.9. The molecule has 1 aromatic rings. The highest BCUT2D eigenvalue weighted by atomic mass is 79.9. The predicted octanol–water partition coefficient (Wildman–Crippen LogP) is 1.33. The predicted molar refractivity (Wildman–Crippen MR) is 76.5 cm³/mol. The van der Waals surface area contributed by atoms with Crippen molar-refractivity contribution in [1.82, 2.24) is 4.57 Å². The molecular weight excluding hydrogens is 320 g/mol. The summed E-state index contributed by atoms with van der Waals surface area (Å²) in [6, 6.07) is 0. The molecule has 0 bridgehead atoms. The number of aromatic nitrogens is 1. The molecule has 0 aliphatic rings. The van der Waals surface area contributed by atoms with Crippen LogP contribution in [0.25, 0.3) is 0 Å². The summed E-state index contributed by atoms with van der Waals surface area (Å²) in [6.07, 6.45) is 2.07. The number of rotatable bonds is 5. The minimum atomic E-state index is -3.10. The number of aryl methyl sites for hydroxylation is 1. The van der Waals surface area contributed by atoms with E-state index in [2.05, 4.69) is 15.9 Å². The first kappa shape index (κ1) is 15.2. The number of nitrogen functional groups attached to an aromatic ring is 1. The van der Waals surface area contributed by atoms with Crippen molar-refractivity contribution < 1.29 is 8.42 Å². The van der Waals surface area contributed by atoms with Crippen LogP contribution in [0.3, 0.4) is 0 Å². The quantitative estimate of drug-likeness (QED) is 0.879. The zero-order valence-corrected chi connectivity index (χ0v) is 12.8. The van der Waals surface area contributed by atoms with Crippen LogP contribution >= 0.6 is 15.9 Å². The van der Waals surface area contributed by atoms with Crippen molar-refractivity contribution in [2.45, 2.75) is 26.8 Å². The molecule has 0 aliphatic heterocycles. The van der Waals surface area contributed by atoms with Gasteiger partial charge < -0.3 is 10.3 Å². The van der Waals surface area contributed by atoms with Gasteiger partial charge in [0.25, 0.3) is 5.56 Å². The summed E-state index contributed by atoms with van der Waals surface area (Å²) in [5.74, 6) is 0.0972. The lowest BCUT2D eigenvalue weighted by Gasteiger charge is -2.10. The lowest BCUT2D eigenvalue weighted by molar-refractivity contribution is 0.585. The number of nitrogens with zero attached hydrogens (tertiary/aromatic N) is 1. The molecule has 5 nitrogen and oxygen atoms in total. The van der Waals surface area contributed by atoms with Crippen molar-refractivity contribution in [3.63, 3.8) is 0 Å². The smallest absolute Gasteiger partial charge is 0.265 e. The van der Waals surface area contributed by atoms with Crippen LogP contribution in [0.4, 0.5) is 5.69 Å². The zero-order chi connectivity index (χ0) is 13.9. The van der Waals surface area contributed by atoms with Crippen molar-refractivity contribution in [3.8, 4) is 0 Å². The van der Waals surface area contributed by atoms with Gasteiger partial charge >= 0.3 is 0 Å². The van der Waals surface area contributed by atoms with Crippen LogP contribution in [-0.2, 0) is 16.4 Å². The van der Waals surface area contributed by atoms with E-state index >= 15 is 0 Å². The third-order valence-electron chi connectivity index (χ3n) is 2.66. The van der Waals surface area contributed by atoms with E-state index in [9.17, 15) is 13.2 Å². The monoisotopic (exact) mass is 336 g/mol. The Kier molecular flexibility index (Phi) is 4.98. The highest BCUT2D eigenvalue weighted by Gasteiger charge is 2.12. The van der Waals surface area contributed by atoms with Gasteiger partial charge in [0.15, 0.2) is 9.84 Å². The first-order valence-electron chi connectivity index (χ1n) is 5.64. The van der Waals surface area contributed by atoms with E-state index in [1.807, 2.05) is 6.92 Å². The third kappa shape index (κ3) is 3.58. The Balaban J connectivity index is 2.97. The molecule has 0 aliphatic carbocycles. The summed E-state index contributed by atoms with van der Waals surface area (Å²) in [7, 11) is -3.10. The van der Waals surface area contributed by atoms with Crippen LogP contribution in [0.5, 0.6) is 0 Å². The SMILES string of the molecule is CCCS(=O)(=O)CCn1cc(N)c(C)c(Br)c1=O. The molecule has 0 saturated heterocycles. The molecule has 2 N–H and O–H groups in total. The van der Waals surface area contributed by atoms with Crippen LogP contribution in [0, 0.1) is 6.92 Å². The fraction of sp³-hybridized carbons (Fsp3) is 0.545. The zero-order valence-electron chi connectivity index (χ0n) is 10.4. The third-order valence-corrected chi connectivity index (χ3v) is 5.43. The average molecular weight is 337 g/mol. The van der Waals surface area contributed by atoms with Gasteiger partial charge in [-0.1, -0.05) is 6.92 Å². The van der Waals surface area contributed by atoms with Crippen molar-refractivity contribution in [3.05, 3.63) is 26.6 Å². The molecule has 0 aromatic carbocycles. The fourth-order valence-corrected chi connectivity index (χ4v) is 3.31. The molecule has 0 spiro atoms. The maximum Gasteiger partial charge on any atom is 0.265 e. The molecule has 0 fully saturated rings. The molecule has 1 heterocycles. The summed E-state index contributed by atoms with van der Waals surface area (Å²) in [4.78, 5) is 11.9. The van der Waals surface area contributed by atoms with E-state index < -0.39 is 9.84 Å². The number of pyridine rings is 1. The summed E-state index contributed by atoms with van der Waals surface area (Å²) in [5.41, 5.74) is 6.63. The van der Waals surface area contributed by atoms with Crippen LogP contribution in [-0.4, -0.2) is 24.5 Å². The molecule has 0 amide bonds. The number of nitrogens with two attached hydrogens (primary N) is 1. The Labute approximate surface area is 115 Å². The van der Waals surface area contributed by atoms with E-state index in [-0.39, 0.29) is 23.6 Å². The summed E-state index contributed by atoms with van der Waals surface area (Å²) >= 11 is 3.17. The van der Waals surface area contributed by atoms with Gasteiger partial charge in [-0.2, -0.15) is 0 Å². The van der Waals surface area contributed by atoms with E-state index in [1.165, 1.54) is 10.8 Å². The molecule has 0 atom stereocenters. The fourth-order valence-electron chi connectivity index (χ4n) is 1.55. The largest absolute Gasteiger partial charge is 0.397 e. The van der Waals surface area contributed by atoms with Crippen LogP contribution in [0.1, 0.15) is 18.9 Å². The van der Waals surface area contributed by atoms with Crippen molar-refractivity contribution in [1.29, 1.82) is 0 Å². The number of sulfone groups is 1. The second-order valence-corrected chi connectivity index (χ2v) is 7.27. The highest BCUT2D eigenvalue weighted by Crippen LogP contribution is 2.16. The van der Waals surface area contributed by atoms with E-state index in [1.54, 1.807) is 6.92 Å². The van der Waals surface area contributed by atoms with Gasteiger partial charge in [-0.3, -0.25) is 4.79 Å². The van der Waals surface area contributed by atoms with Gasteiger partial charge in [0.2, 0.25) is 0 Å². The number of hydrogen-bond acceptors (Lipinski definition) is 4. The molecule has 102 valence electrons. The second-order valence-electron chi connectivity index (χ2n) is 4.17. The summed E-state index contributed by atoms with van der Waals surface area (Å²) in [5, 5.41) is 0. The van der Waals surface area contributed by atoms with E-state index in [0.29, 0.717) is 22.1 Å². The molecule has 0 saturated carbocycles. The minimum absolute atomic E-state index is 0.0459. The highest BCUT2D eigenvalue weighted by molar-refractivity contribution is 9.10. The van der Waals surface area contributed by atoms with Gasteiger partial charge in [0.05, 0.1) is 15.9 Å². The molecule has 18 heavy (non-hydrogen) atoms. The van der Waals surface area contributed by atoms with Gasteiger partial charge in [-0.15, -0.1) is 0 Å². The van der Waals surface area contributed by atoms with Gasteiger partial charge in [-0.05, 0) is 34.8 Å². The Morgan fingerprint density at radius 2 is 2.00 bits per heavy atom. The topological polar surface area (TPSA) is 82.2 Å². The van der Waals surface area contributed by atoms with Crippen molar-refractivity contribution in [2.75, 3.05) is 17.2 Å². The lowest BCUT2D eigenvalue weighted by Crippen LogP contribution is -2.26. The number of hydrogen-bond donors (Lipinski definition) is 1. The lowest BCUT2D eigenvalue weighted by atomic mass is 10.2. The first-order valence-corrected chi connectivity index (χ1v) is 8.25. The maximum atomic E-state index is 11.9. The summed E-state index contributed by atoms with van der Waals surface area (Å²) < 4.78 is 24.9. The summed E-state index contributed by atoms with van der Waals surface area (Å²) in [6.45, 7) is 3.67. The van der Waals surface area contributed by atoms with Gasteiger partial charge in [0.1, 0.15) is 0 Å². The Hall–Kier alpha value is -0.820. The Bertz CT molecular complexity index is 593. The van der Waals surface area contributed by atoms with Gasteiger partial charge in [0, 0.05) is 18.5 Å². The minimum Gasteiger partial charge on any atom is -0.397 e. The first-order chi connectivity index (χ1) is 8.28. The Morgan fingerprint density at radius 3 is 2.56 bits per heavy atom. The normalized spacial score (nSPS) is 11.7. The molecule has 0 radical (unpaired) electrons. The molecule has 1 aromatic heterocycles. The van der Waals surface area contributed by atoms with Gasteiger partial charge in [-0.25, -0.2) is 8.42 Å². The van der Waals surface area contributed by atoms with Crippen molar-refractivity contribution in [2.24, 2.45) is 0 Å². The molecular formula is C11H17BrN2O3S. The standard InChI is InChI=1S/C11H17BrN2O3S/c1-3-5-18(16,17)6-4-14-7-9(13)8(2)10(12)11(14)15/h7H,3-6,13H2,1-2H3. The van der Waals surface area contributed by atoms with E-state index in [4.69, 9.17) is 5.73 Å². The average Bonchev–Trinajstić information content (AvgIpc) is 2.29. The Morgan fingerprint density at radius 1 is 1.39 bits per heavy atom. The molecule has 7 heteroatoms. The van der Waals surface area contributed by atoms with E-state index in [0.717, 1.165) is 0 Å². The second kappa shape index (κ2) is 5.88. The number of anilines is 1. The van der Waals surface area contributed by atoms with Crippen LogP contribution < -0.4 is 11.3 Å².